The number of rotatable bonds is 0. The van der Waals surface area contributed by atoms with Crippen molar-refractivity contribution in [3.8, 4) is 6.07 Å². The van der Waals surface area contributed by atoms with Gasteiger partial charge in [-0.1, -0.05) is 0 Å². The highest BCUT2D eigenvalue weighted by Crippen LogP contribution is 2.34. The van der Waals surface area contributed by atoms with Crippen LogP contribution < -0.4 is 5.32 Å². The van der Waals surface area contributed by atoms with Crippen molar-refractivity contribution in [2.45, 2.75) is 43.7 Å². The van der Waals surface area contributed by atoms with Gasteiger partial charge in [0.15, 0.2) is 0 Å². The highest BCUT2D eigenvalue weighted by atomic mass is 16.5. The van der Waals surface area contributed by atoms with Gasteiger partial charge in [0.2, 0.25) is 0 Å². The predicted octanol–water partition coefficient (Wildman–Crippen LogP) is 1.20. The Morgan fingerprint density at radius 3 is 2.85 bits per heavy atom. The standard InChI is InChI=1S/C10H16N2O/c11-8-9-10(5-3-6-12-9)4-1-2-7-13-10/h9,12H,1-7H2/t9-,10-/m1/s1. The normalized spacial score (nSPS) is 40.1. The van der Waals surface area contributed by atoms with Gasteiger partial charge in [0.05, 0.1) is 11.7 Å². The lowest BCUT2D eigenvalue weighted by atomic mass is 9.80. The summed E-state index contributed by atoms with van der Waals surface area (Å²) in [6.07, 6.45) is 5.61. The fourth-order valence-corrected chi connectivity index (χ4v) is 2.43. The average Bonchev–Trinajstić information content (AvgIpc) is 2.20. The van der Waals surface area contributed by atoms with Gasteiger partial charge in [0, 0.05) is 6.61 Å². The molecule has 72 valence electrons. The number of nitrogens with zero attached hydrogens (tertiary/aromatic N) is 1. The van der Waals surface area contributed by atoms with E-state index in [0.29, 0.717) is 0 Å². The molecule has 0 amide bonds. The maximum absolute atomic E-state index is 9.02. The molecular formula is C10H16N2O. The zero-order valence-electron chi connectivity index (χ0n) is 7.88. The zero-order valence-corrected chi connectivity index (χ0v) is 7.88. The molecule has 1 spiro atoms. The van der Waals surface area contributed by atoms with E-state index in [-0.39, 0.29) is 11.6 Å². The van der Waals surface area contributed by atoms with Gasteiger partial charge in [-0.05, 0) is 38.6 Å². The largest absolute Gasteiger partial charge is 0.372 e. The maximum atomic E-state index is 9.02. The van der Waals surface area contributed by atoms with Crippen LogP contribution in [0.5, 0.6) is 0 Å². The van der Waals surface area contributed by atoms with Crippen molar-refractivity contribution in [2.24, 2.45) is 0 Å². The van der Waals surface area contributed by atoms with E-state index >= 15 is 0 Å². The maximum Gasteiger partial charge on any atom is 0.125 e. The Bertz CT molecular complexity index is 207. The number of hydrogen-bond donors (Lipinski definition) is 1. The molecule has 0 bridgehead atoms. The minimum Gasteiger partial charge on any atom is -0.372 e. The fourth-order valence-electron chi connectivity index (χ4n) is 2.43. The van der Waals surface area contributed by atoms with Crippen LogP contribution in [-0.2, 0) is 4.74 Å². The average molecular weight is 180 g/mol. The Hall–Kier alpha value is -0.590. The zero-order chi connectivity index (χ0) is 9.15. The monoisotopic (exact) mass is 180 g/mol. The molecule has 2 aliphatic heterocycles. The summed E-state index contributed by atoms with van der Waals surface area (Å²) in [5.74, 6) is 0. The molecule has 0 unspecified atom stereocenters. The van der Waals surface area contributed by atoms with E-state index < -0.39 is 0 Å². The number of nitriles is 1. The van der Waals surface area contributed by atoms with E-state index in [9.17, 15) is 0 Å². The van der Waals surface area contributed by atoms with Gasteiger partial charge in [-0.2, -0.15) is 5.26 Å². The Balaban J connectivity index is 2.11. The molecule has 2 atom stereocenters. The molecule has 1 N–H and O–H groups in total. The van der Waals surface area contributed by atoms with E-state index in [2.05, 4.69) is 11.4 Å². The van der Waals surface area contributed by atoms with Gasteiger partial charge >= 0.3 is 0 Å². The second kappa shape index (κ2) is 3.65. The Kier molecular flexibility index (Phi) is 2.52. The topological polar surface area (TPSA) is 45.0 Å². The van der Waals surface area contributed by atoms with Crippen LogP contribution in [0.4, 0.5) is 0 Å². The van der Waals surface area contributed by atoms with E-state index in [1.165, 1.54) is 6.42 Å². The lowest BCUT2D eigenvalue weighted by Gasteiger charge is -2.43. The molecule has 0 radical (unpaired) electrons. The molecular weight excluding hydrogens is 164 g/mol. The fraction of sp³-hybridized carbons (Fsp3) is 0.900. The van der Waals surface area contributed by atoms with E-state index in [0.717, 1.165) is 38.8 Å². The molecule has 2 fully saturated rings. The van der Waals surface area contributed by atoms with Crippen LogP contribution in [0.25, 0.3) is 0 Å². The second-order valence-electron chi connectivity index (χ2n) is 3.99. The van der Waals surface area contributed by atoms with Crippen molar-refractivity contribution in [3.63, 3.8) is 0 Å². The molecule has 2 saturated heterocycles. The third kappa shape index (κ3) is 1.56. The molecule has 2 aliphatic rings. The van der Waals surface area contributed by atoms with Crippen LogP contribution in [0.1, 0.15) is 32.1 Å². The summed E-state index contributed by atoms with van der Waals surface area (Å²) in [7, 11) is 0. The lowest BCUT2D eigenvalue weighted by molar-refractivity contribution is -0.105. The number of ether oxygens (including phenoxy) is 1. The van der Waals surface area contributed by atoms with Gasteiger partial charge < -0.3 is 4.74 Å². The van der Waals surface area contributed by atoms with Crippen LogP contribution in [0.15, 0.2) is 0 Å². The van der Waals surface area contributed by atoms with Crippen molar-refractivity contribution in [1.82, 2.24) is 5.32 Å². The Morgan fingerprint density at radius 2 is 2.15 bits per heavy atom. The summed E-state index contributed by atoms with van der Waals surface area (Å²) in [4.78, 5) is 0. The van der Waals surface area contributed by atoms with Gasteiger partial charge in [-0.3, -0.25) is 5.32 Å². The molecule has 2 rings (SSSR count). The molecule has 0 aromatic rings. The number of hydrogen-bond acceptors (Lipinski definition) is 3. The van der Waals surface area contributed by atoms with Gasteiger partial charge in [-0.25, -0.2) is 0 Å². The number of piperidine rings is 1. The second-order valence-corrected chi connectivity index (χ2v) is 3.99. The first kappa shape index (κ1) is 8.98. The Labute approximate surface area is 79.1 Å². The molecule has 3 heteroatoms. The summed E-state index contributed by atoms with van der Waals surface area (Å²) in [6, 6.07) is 2.25. The van der Waals surface area contributed by atoms with Crippen LogP contribution in [0.2, 0.25) is 0 Å². The third-order valence-corrected chi connectivity index (χ3v) is 3.16. The third-order valence-electron chi connectivity index (χ3n) is 3.16. The minimum absolute atomic E-state index is 0.0819. The minimum atomic E-state index is -0.148. The van der Waals surface area contributed by atoms with Crippen LogP contribution in [0, 0.1) is 11.3 Å². The smallest absolute Gasteiger partial charge is 0.125 e. The quantitative estimate of drug-likeness (QED) is 0.609. The lowest BCUT2D eigenvalue weighted by Crippen LogP contribution is -2.56. The van der Waals surface area contributed by atoms with Crippen LogP contribution in [-0.4, -0.2) is 24.8 Å². The predicted molar refractivity (Wildman–Crippen MR) is 49.2 cm³/mol. The van der Waals surface area contributed by atoms with Crippen molar-refractivity contribution >= 4 is 0 Å². The first-order valence-corrected chi connectivity index (χ1v) is 5.14. The molecule has 0 aromatic heterocycles. The summed E-state index contributed by atoms with van der Waals surface area (Å²) in [5.41, 5.74) is -0.148. The van der Waals surface area contributed by atoms with Crippen molar-refractivity contribution < 1.29 is 4.74 Å². The van der Waals surface area contributed by atoms with Crippen LogP contribution >= 0.6 is 0 Å². The molecule has 2 heterocycles. The van der Waals surface area contributed by atoms with Crippen LogP contribution in [0.3, 0.4) is 0 Å². The highest BCUT2D eigenvalue weighted by molar-refractivity contribution is 5.08. The first-order valence-electron chi connectivity index (χ1n) is 5.14. The van der Waals surface area contributed by atoms with Gasteiger partial charge in [-0.15, -0.1) is 0 Å². The SMILES string of the molecule is N#C[C@H]1NCCC[C@]12CCCCO2. The van der Waals surface area contributed by atoms with Gasteiger partial charge in [0.25, 0.3) is 0 Å². The van der Waals surface area contributed by atoms with E-state index in [1.54, 1.807) is 0 Å². The molecule has 3 nitrogen and oxygen atoms in total. The Morgan fingerprint density at radius 1 is 1.31 bits per heavy atom. The van der Waals surface area contributed by atoms with Crippen molar-refractivity contribution in [1.29, 1.82) is 5.26 Å². The highest BCUT2D eigenvalue weighted by Gasteiger charge is 2.42. The van der Waals surface area contributed by atoms with Crippen molar-refractivity contribution in [2.75, 3.05) is 13.2 Å². The molecule has 0 aromatic carbocycles. The van der Waals surface area contributed by atoms with E-state index in [4.69, 9.17) is 10.00 Å². The summed E-state index contributed by atoms with van der Waals surface area (Å²) in [5, 5.41) is 12.3. The summed E-state index contributed by atoms with van der Waals surface area (Å²) >= 11 is 0. The number of nitrogens with one attached hydrogen (secondary N) is 1. The summed E-state index contributed by atoms with van der Waals surface area (Å²) in [6.45, 7) is 1.79. The summed E-state index contributed by atoms with van der Waals surface area (Å²) < 4.78 is 5.82. The first-order chi connectivity index (χ1) is 6.37. The molecule has 0 aliphatic carbocycles. The molecule has 13 heavy (non-hydrogen) atoms. The molecule has 0 saturated carbocycles. The van der Waals surface area contributed by atoms with Crippen molar-refractivity contribution in [3.05, 3.63) is 0 Å². The van der Waals surface area contributed by atoms with E-state index in [1.807, 2.05) is 0 Å². The van der Waals surface area contributed by atoms with Gasteiger partial charge in [0.1, 0.15) is 6.04 Å².